The first-order chi connectivity index (χ1) is 20.0. The second kappa shape index (κ2) is 16.0. The number of carbonyl (C=O) groups is 3. The Morgan fingerprint density at radius 2 is 1.67 bits per heavy atom. The average molecular weight is 580 g/mol. The molecule has 2 amide bonds. The fourth-order valence-electron chi connectivity index (χ4n) is 4.82. The van der Waals surface area contributed by atoms with Gasteiger partial charge in [0.25, 0.3) is 0 Å². The van der Waals surface area contributed by atoms with Crippen molar-refractivity contribution in [2.75, 3.05) is 35.4 Å². The first-order valence-electron chi connectivity index (χ1n) is 14.7. The topological polar surface area (TPSA) is 117 Å². The average Bonchev–Trinajstić information content (AvgIpc) is 2.92. The van der Waals surface area contributed by atoms with Gasteiger partial charge in [-0.1, -0.05) is 51.5 Å². The van der Waals surface area contributed by atoms with Crippen molar-refractivity contribution in [2.24, 2.45) is 11.8 Å². The highest BCUT2D eigenvalue weighted by atomic mass is 16.7. The van der Waals surface area contributed by atoms with Crippen molar-refractivity contribution < 1.29 is 29.0 Å². The molecule has 0 heterocycles. The number of ether oxygens (including phenoxy) is 2. The molecule has 0 fully saturated rings. The lowest BCUT2D eigenvalue weighted by molar-refractivity contribution is -0.164. The highest BCUT2D eigenvalue weighted by molar-refractivity contribution is 6.02. The number of esters is 2. The summed E-state index contributed by atoms with van der Waals surface area (Å²) < 4.78 is 10.2. The number of aliphatic hydroxyl groups excluding tert-OH is 1. The Morgan fingerprint density at radius 1 is 0.976 bits per heavy atom. The molecule has 0 radical (unpaired) electrons. The molecule has 1 unspecified atom stereocenters. The minimum Gasteiger partial charge on any atom is -0.428 e. The van der Waals surface area contributed by atoms with Crippen molar-refractivity contribution in [3.05, 3.63) is 65.2 Å². The Kier molecular flexibility index (Phi) is 12.4. The summed E-state index contributed by atoms with van der Waals surface area (Å²) in [4.78, 5) is 39.8. The number of aliphatic hydroxyl groups is 1. The van der Waals surface area contributed by atoms with Crippen LogP contribution in [-0.2, 0) is 25.5 Å². The van der Waals surface area contributed by atoms with Gasteiger partial charge < -0.3 is 30.1 Å². The van der Waals surface area contributed by atoms with Gasteiger partial charge in [0.15, 0.2) is 0 Å². The monoisotopic (exact) mass is 579 g/mol. The van der Waals surface area contributed by atoms with E-state index < -0.39 is 24.8 Å². The molecule has 3 rings (SSSR count). The van der Waals surface area contributed by atoms with E-state index in [0.717, 1.165) is 29.9 Å². The molecular weight excluding hydrogens is 534 g/mol. The van der Waals surface area contributed by atoms with Crippen molar-refractivity contribution in [1.29, 1.82) is 0 Å². The molecule has 0 aliphatic heterocycles. The van der Waals surface area contributed by atoms with Crippen molar-refractivity contribution in [1.82, 2.24) is 0 Å². The second-order valence-electron chi connectivity index (χ2n) is 11.7. The zero-order valence-corrected chi connectivity index (χ0v) is 25.4. The molecule has 42 heavy (non-hydrogen) atoms. The normalized spacial score (nSPS) is 14.8. The predicted molar refractivity (Wildman–Crippen MR) is 165 cm³/mol. The summed E-state index contributed by atoms with van der Waals surface area (Å²) in [5.74, 6) is -0.247. The number of carbonyl (C=O) groups excluding carboxylic acids is 3. The zero-order valence-electron chi connectivity index (χ0n) is 25.4. The summed E-state index contributed by atoms with van der Waals surface area (Å²) in [6.45, 7) is 11.8. The number of hydrogen-bond acceptors (Lipinski definition) is 7. The van der Waals surface area contributed by atoms with Crippen molar-refractivity contribution in [2.45, 2.75) is 72.8 Å². The molecule has 0 saturated carbocycles. The van der Waals surface area contributed by atoms with E-state index in [9.17, 15) is 19.5 Å². The SMILES string of the molecule is Cc1ccc(NC(=O)Nc2cc(CCC(=O)OCOC(=O)C3=CC(O)CCC3)ccc2N(CC(C)C)CC(C)C)cc1. The van der Waals surface area contributed by atoms with E-state index >= 15 is 0 Å². The summed E-state index contributed by atoms with van der Waals surface area (Å²) in [6, 6.07) is 13.1. The third-order valence-electron chi connectivity index (χ3n) is 6.76. The highest BCUT2D eigenvalue weighted by Gasteiger charge is 2.19. The van der Waals surface area contributed by atoms with Gasteiger partial charge in [-0.05, 0) is 80.3 Å². The molecule has 9 nitrogen and oxygen atoms in total. The van der Waals surface area contributed by atoms with Crippen LogP contribution in [-0.4, -0.2) is 49.1 Å². The van der Waals surface area contributed by atoms with Crippen LogP contribution in [0.15, 0.2) is 54.1 Å². The third-order valence-corrected chi connectivity index (χ3v) is 6.76. The van der Waals surface area contributed by atoms with Crippen LogP contribution in [0.5, 0.6) is 0 Å². The number of hydrogen-bond donors (Lipinski definition) is 3. The molecule has 1 atom stereocenters. The Hall–Kier alpha value is -3.85. The largest absolute Gasteiger partial charge is 0.428 e. The molecule has 1 aliphatic rings. The number of amides is 2. The van der Waals surface area contributed by atoms with Gasteiger partial charge in [-0.15, -0.1) is 0 Å². The van der Waals surface area contributed by atoms with E-state index in [1.807, 2.05) is 49.4 Å². The van der Waals surface area contributed by atoms with E-state index in [-0.39, 0.29) is 12.5 Å². The first kappa shape index (κ1) is 32.7. The molecule has 3 N–H and O–H groups in total. The molecule has 0 saturated heterocycles. The van der Waals surface area contributed by atoms with Gasteiger partial charge in [0.2, 0.25) is 6.79 Å². The highest BCUT2D eigenvalue weighted by Crippen LogP contribution is 2.30. The van der Waals surface area contributed by atoms with Gasteiger partial charge in [-0.25, -0.2) is 9.59 Å². The van der Waals surface area contributed by atoms with Gasteiger partial charge in [0.1, 0.15) is 0 Å². The number of nitrogens with one attached hydrogen (secondary N) is 2. The van der Waals surface area contributed by atoms with Gasteiger partial charge in [-0.3, -0.25) is 4.79 Å². The lowest BCUT2D eigenvalue weighted by Crippen LogP contribution is -2.32. The van der Waals surface area contributed by atoms with E-state index in [1.165, 1.54) is 6.08 Å². The number of urea groups is 1. The van der Waals surface area contributed by atoms with Gasteiger partial charge >= 0.3 is 18.0 Å². The van der Waals surface area contributed by atoms with E-state index in [4.69, 9.17) is 9.47 Å². The smallest absolute Gasteiger partial charge is 0.336 e. The summed E-state index contributed by atoms with van der Waals surface area (Å²) in [5.41, 5.74) is 4.62. The fourth-order valence-corrected chi connectivity index (χ4v) is 4.82. The number of aryl methyl sites for hydroxylation is 2. The molecule has 228 valence electrons. The van der Waals surface area contributed by atoms with Crippen molar-refractivity contribution in [3.8, 4) is 0 Å². The molecule has 9 heteroatoms. The number of benzene rings is 2. The fraction of sp³-hybridized carbons (Fsp3) is 0.485. The van der Waals surface area contributed by atoms with Gasteiger partial charge in [0.05, 0.1) is 17.5 Å². The summed E-state index contributed by atoms with van der Waals surface area (Å²) in [6.07, 6.45) is 3.17. The summed E-state index contributed by atoms with van der Waals surface area (Å²) >= 11 is 0. The van der Waals surface area contributed by atoms with E-state index in [0.29, 0.717) is 54.5 Å². The first-order valence-corrected chi connectivity index (χ1v) is 14.7. The molecule has 0 spiro atoms. The van der Waals surface area contributed by atoms with Crippen molar-refractivity contribution in [3.63, 3.8) is 0 Å². The Balaban J connectivity index is 1.66. The number of nitrogens with zero attached hydrogens (tertiary/aromatic N) is 1. The maximum Gasteiger partial charge on any atom is 0.336 e. The van der Waals surface area contributed by atoms with E-state index in [2.05, 4.69) is 43.2 Å². The molecule has 2 aromatic rings. The number of rotatable bonds is 13. The van der Waals surface area contributed by atoms with Crippen molar-refractivity contribution >= 4 is 35.0 Å². The molecule has 2 aromatic carbocycles. The van der Waals surface area contributed by atoms with Crippen LogP contribution in [0.25, 0.3) is 0 Å². The summed E-state index contributed by atoms with van der Waals surface area (Å²) in [5, 5.41) is 15.6. The standard InChI is InChI=1S/C33H45N3O6/c1-22(2)19-36(20-23(3)4)30-15-11-25(17-29(30)35-33(40)34-27-13-9-24(5)10-14-27)12-16-31(38)41-21-42-32(39)26-7-6-8-28(37)18-26/h9-11,13-15,17-18,22-23,28,37H,6-8,12,16,19-21H2,1-5H3,(H2,34,35,40). The van der Waals surface area contributed by atoms with Crippen LogP contribution in [0, 0.1) is 18.8 Å². The van der Waals surface area contributed by atoms with Crippen LogP contribution < -0.4 is 15.5 Å². The maximum atomic E-state index is 13.0. The molecule has 0 bridgehead atoms. The molecule has 1 aliphatic carbocycles. The second-order valence-corrected chi connectivity index (χ2v) is 11.7. The quantitative estimate of drug-likeness (QED) is 0.191. The van der Waals surface area contributed by atoms with E-state index in [1.54, 1.807) is 0 Å². The number of anilines is 3. The van der Waals surface area contributed by atoms with Crippen LogP contribution >= 0.6 is 0 Å². The van der Waals surface area contributed by atoms with Gasteiger partial charge in [0, 0.05) is 30.8 Å². The zero-order chi connectivity index (χ0) is 30.6. The summed E-state index contributed by atoms with van der Waals surface area (Å²) in [7, 11) is 0. The lowest BCUT2D eigenvalue weighted by atomic mass is 9.98. The minimum atomic E-state index is -0.647. The van der Waals surface area contributed by atoms with Crippen LogP contribution in [0.4, 0.5) is 21.9 Å². The third kappa shape index (κ3) is 10.9. The van der Waals surface area contributed by atoms with Crippen LogP contribution in [0.1, 0.15) is 64.5 Å². The van der Waals surface area contributed by atoms with Crippen LogP contribution in [0.2, 0.25) is 0 Å². The van der Waals surface area contributed by atoms with Crippen LogP contribution in [0.3, 0.4) is 0 Å². The molecular formula is C33H45N3O6. The Labute approximate surface area is 249 Å². The lowest BCUT2D eigenvalue weighted by Gasteiger charge is -2.30. The predicted octanol–water partition coefficient (Wildman–Crippen LogP) is 6.21. The maximum absolute atomic E-state index is 13.0. The minimum absolute atomic E-state index is 0.0784. The Morgan fingerprint density at radius 3 is 2.31 bits per heavy atom. The van der Waals surface area contributed by atoms with Gasteiger partial charge in [-0.2, -0.15) is 0 Å². The Bertz CT molecular complexity index is 1230. The molecule has 0 aromatic heterocycles.